The van der Waals surface area contributed by atoms with Crippen molar-refractivity contribution in [2.24, 2.45) is 0 Å². The molecule has 4 aromatic carbocycles. The van der Waals surface area contributed by atoms with Crippen LogP contribution in [0.25, 0.3) is 21.5 Å². The Kier molecular flexibility index (Phi) is 5.64. The fourth-order valence-corrected chi connectivity index (χ4v) is 5.31. The quantitative estimate of drug-likeness (QED) is 0.271. The summed E-state index contributed by atoms with van der Waals surface area (Å²) in [5.41, 5.74) is 0. The predicted octanol–water partition coefficient (Wildman–Crippen LogP) is 6.01. The molecule has 0 fully saturated rings. The molecule has 0 atom stereocenters. The zero-order chi connectivity index (χ0) is 21.1. The number of ether oxygens (including phenoxy) is 2. The van der Waals surface area contributed by atoms with Gasteiger partial charge in [0.1, 0.15) is 16.4 Å². The lowest BCUT2D eigenvalue weighted by molar-refractivity contribution is 0.306. The Balaban J connectivity index is 2.12. The van der Waals surface area contributed by atoms with Crippen LogP contribution in [-0.2, 0) is 9.84 Å². The van der Waals surface area contributed by atoms with E-state index in [1.165, 1.54) is 0 Å². The molecule has 4 nitrogen and oxygen atoms in total. The Hall–Kier alpha value is -3.05. The van der Waals surface area contributed by atoms with Crippen molar-refractivity contribution in [3.8, 4) is 11.5 Å². The lowest BCUT2D eigenvalue weighted by Crippen LogP contribution is -2.08. The van der Waals surface area contributed by atoms with Crippen LogP contribution in [-0.4, -0.2) is 22.1 Å². The summed E-state index contributed by atoms with van der Waals surface area (Å²) in [7, 11) is -2.18. The van der Waals surface area contributed by atoms with Crippen LogP contribution >= 0.6 is 0 Å². The van der Waals surface area contributed by atoms with Crippen molar-refractivity contribution in [2.75, 3.05) is 13.7 Å². The molecule has 0 saturated carbocycles. The van der Waals surface area contributed by atoms with E-state index in [2.05, 4.69) is 6.92 Å². The molecular formula is C25H24O4S. The largest absolute Gasteiger partial charge is 0.497 e. The average molecular weight is 421 g/mol. The highest BCUT2D eigenvalue weighted by atomic mass is 32.2. The fraction of sp³-hybridized carbons (Fsp3) is 0.200. The zero-order valence-corrected chi connectivity index (χ0v) is 17.9. The van der Waals surface area contributed by atoms with Gasteiger partial charge in [-0.1, -0.05) is 55.8 Å². The molecule has 0 amide bonds. The number of methoxy groups -OCH3 is 1. The van der Waals surface area contributed by atoms with Gasteiger partial charge in [0.05, 0.1) is 18.6 Å². The minimum Gasteiger partial charge on any atom is -0.497 e. The van der Waals surface area contributed by atoms with Crippen LogP contribution in [0.2, 0.25) is 0 Å². The standard InChI is InChI=1S/C25H24O4S/c1-3-4-16-29-24-21-15-14-18(28-2)17-23(21)20-12-8-9-13-22(20)25(24)30(26,27)19-10-6-5-7-11-19/h5-15,17H,3-4,16H2,1-2H3. The van der Waals surface area contributed by atoms with Crippen LogP contribution in [0.1, 0.15) is 19.8 Å². The maximum absolute atomic E-state index is 13.8. The predicted molar refractivity (Wildman–Crippen MR) is 120 cm³/mol. The molecule has 0 aliphatic heterocycles. The lowest BCUT2D eigenvalue weighted by Gasteiger charge is -2.19. The zero-order valence-electron chi connectivity index (χ0n) is 17.1. The third kappa shape index (κ3) is 3.50. The Morgan fingerprint density at radius 3 is 2.20 bits per heavy atom. The first-order valence-electron chi connectivity index (χ1n) is 10.0. The molecule has 5 heteroatoms. The van der Waals surface area contributed by atoms with Crippen LogP contribution in [0, 0.1) is 0 Å². The molecule has 0 aromatic heterocycles. The maximum Gasteiger partial charge on any atom is 0.210 e. The Morgan fingerprint density at radius 2 is 1.50 bits per heavy atom. The van der Waals surface area contributed by atoms with Gasteiger partial charge in [0.25, 0.3) is 0 Å². The molecule has 0 aliphatic rings. The average Bonchev–Trinajstić information content (AvgIpc) is 2.79. The monoisotopic (exact) mass is 420 g/mol. The van der Waals surface area contributed by atoms with E-state index in [1.807, 2.05) is 48.5 Å². The topological polar surface area (TPSA) is 52.6 Å². The van der Waals surface area contributed by atoms with E-state index in [1.54, 1.807) is 31.4 Å². The second-order valence-electron chi connectivity index (χ2n) is 7.13. The van der Waals surface area contributed by atoms with Crippen molar-refractivity contribution in [3.05, 3.63) is 72.8 Å². The molecule has 0 radical (unpaired) electrons. The maximum atomic E-state index is 13.8. The number of benzene rings is 4. The van der Waals surface area contributed by atoms with Crippen molar-refractivity contribution >= 4 is 31.4 Å². The van der Waals surface area contributed by atoms with Crippen LogP contribution in [0.3, 0.4) is 0 Å². The first-order valence-corrected chi connectivity index (χ1v) is 11.5. The Bertz CT molecular complexity index is 1300. The summed E-state index contributed by atoms with van der Waals surface area (Å²) < 4.78 is 39.1. The number of rotatable bonds is 7. The van der Waals surface area contributed by atoms with Gasteiger partial charge in [0.2, 0.25) is 9.84 Å². The first kappa shape index (κ1) is 20.2. The van der Waals surface area contributed by atoms with Gasteiger partial charge in [-0.3, -0.25) is 0 Å². The van der Waals surface area contributed by atoms with E-state index >= 15 is 0 Å². The van der Waals surface area contributed by atoms with Gasteiger partial charge < -0.3 is 9.47 Å². The van der Waals surface area contributed by atoms with E-state index in [9.17, 15) is 8.42 Å². The van der Waals surface area contributed by atoms with Crippen LogP contribution in [0.15, 0.2) is 82.6 Å². The van der Waals surface area contributed by atoms with Crippen LogP contribution < -0.4 is 9.47 Å². The van der Waals surface area contributed by atoms with Crippen LogP contribution in [0.4, 0.5) is 0 Å². The van der Waals surface area contributed by atoms with Gasteiger partial charge >= 0.3 is 0 Å². The van der Waals surface area contributed by atoms with Crippen LogP contribution in [0.5, 0.6) is 11.5 Å². The third-order valence-electron chi connectivity index (χ3n) is 5.21. The normalized spacial score (nSPS) is 11.7. The summed E-state index contributed by atoms with van der Waals surface area (Å²) >= 11 is 0. The van der Waals surface area contributed by atoms with Gasteiger partial charge in [-0.05, 0) is 47.5 Å². The number of sulfone groups is 1. The van der Waals surface area contributed by atoms with Gasteiger partial charge in [0.15, 0.2) is 0 Å². The minimum absolute atomic E-state index is 0.220. The van der Waals surface area contributed by atoms with Crippen molar-refractivity contribution in [1.29, 1.82) is 0 Å². The number of hydrogen-bond donors (Lipinski definition) is 0. The van der Waals surface area contributed by atoms with Gasteiger partial charge in [-0.25, -0.2) is 8.42 Å². The molecule has 4 aromatic rings. The lowest BCUT2D eigenvalue weighted by atomic mass is 10.0. The highest BCUT2D eigenvalue weighted by Gasteiger charge is 2.28. The molecule has 0 N–H and O–H groups in total. The number of hydrogen-bond acceptors (Lipinski definition) is 4. The molecule has 0 bridgehead atoms. The molecule has 0 spiro atoms. The summed E-state index contributed by atoms with van der Waals surface area (Å²) in [4.78, 5) is 0.474. The number of unbranched alkanes of at least 4 members (excludes halogenated alkanes) is 1. The van der Waals surface area contributed by atoms with Gasteiger partial charge in [-0.2, -0.15) is 0 Å². The summed E-state index contributed by atoms with van der Waals surface area (Å²) in [6.07, 6.45) is 1.80. The van der Waals surface area contributed by atoms with E-state index < -0.39 is 9.84 Å². The highest BCUT2D eigenvalue weighted by molar-refractivity contribution is 7.91. The summed E-state index contributed by atoms with van der Waals surface area (Å²) in [5, 5.41) is 3.17. The molecule has 0 unspecified atom stereocenters. The molecule has 0 aliphatic carbocycles. The second-order valence-corrected chi connectivity index (χ2v) is 9.02. The second kappa shape index (κ2) is 8.36. The van der Waals surface area contributed by atoms with Crippen molar-refractivity contribution in [1.82, 2.24) is 0 Å². The van der Waals surface area contributed by atoms with Gasteiger partial charge in [-0.15, -0.1) is 0 Å². The Labute approximate surface area is 177 Å². The minimum atomic E-state index is -3.80. The molecule has 30 heavy (non-hydrogen) atoms. The van der Waals surface area contributed by atoms with E-state index in [0.717, 1.165) is 29.0 Å². The summed E-state index contributed by atoms with van der Waals surface area (Å²) in [6, 6.07) is 21.7. The molecule has 154 valence electrons. The van der Waals surface area contributed by atoms with Crippen molar-refractivity contribution in [2.45, 2.75) is 29.6 Å². The van der Waals surface area contributed by atoms with Gasteiger partial charge in [0, 0.05) is 10.8 Å². The van der Waals surface area contributed by atoms with E-state index in [-0.39, 0.29) is 9.79 Å². The van der Waals surface area contributed by atoms with E-state index in [4.69, 9.17) is 9.47 Å². The highest BCUT2D eigenvalue weighted by Crippen LogP contribution is 2.44. The molecule has 0 saturated heterocycles. The van der Waals surface area contributed by atoms with Crippen molar-refractivity contribution < 1.29 is 17.9 Å². The molecule has 0 heterocycles. The SMILES string of the molecule is CCCCOc1c(S(=O)(=O)c2ccccc2)c2ccccc2c2cc(OC)ccc12. The molecule has 4 rings (SSSR count). The van der Waals surface area contributed by atoms with Crippen molar-refractivity contribution in [3.63, 3.8) is 0 Å². The van der Waals surface area contributed by atoms with E-state index in [0.29, 0.717) is 23.5 Å². The Morgan fingerprint density at radius 1 is 0.800 bits per heavy atom. The summed E-state index contributed by atoms with van der Waals surface area (Å²) in [6.45, 7) is 2.53. The molecular weight excluding hydrogens is 396 g/mol. The number of fused-ring (bicyclic) bond motifs is 3. The third-order valence-corrected chi connectivity index (χ3v) is 7.04. The fourth-order valence-electron chi connectivity index (χ4n) is 3.68. The first-order chi connectivity index (χ1) is 14.6. The summed E-state index contributed by atoms with van der Waals surface area (Å²) in [5.74, 6) is 1.12. The smallest absolute Gasteiger partial charge is 0.210 e.